The molecular formula is C15H20ClN3O. The number of benzene rings is 1. The van der Waals surface area contributed by atoms with Gasteiger partial charge in [0.15, 0.2) is 0 Å². The van der Waals surface area contributed by atoms with Gasteiger partial charge in [-0.25, -0.2) is 0 Å². The van der Waals surface area contributed by atoms with Crippen LogP contribution >= 0.6 is 11.6 Å². The maximum Gasteiger partial charge on any atom is 0.239 e. The summed E-state index contributed by atoms with van der Waals surface area (Å²) in [7, 11) is 0. The second-order valence-electron chi connectivity index (χ2n) is 4.92. The van der Waals surface area contributed by atoms with Gasteiger partial charge in [-0.15, -0.1) is 6.58 Å². The number of halogens is 1. The van der Waals surface area contributed by atoms with Crippen molar-refractivity contribution < 1.29 is 4.79 Å². The summed E-state index contributed by atoms with van der Waals surface area (Å²) in [6.45, 7) is 6.65. The number of nitrogens with zero attached hydrogens (tertiary/aromatic N) is 2. The SMILES string of the molecule is C=CCC(N)C(=O)N1CCN(c2ccc(Cl)cc2)CC1. The lowest BCUT2D eigenvalue weighted by Gasteiger charge is -2.37. The number of anilines is 1. The number of rotatable bonds is 4. The van der Waals surface area contributed by atoms with Crippen molar-refractivity contribution in [2.45, 2.75) is 12.5 Å². The Morgan fingerprint density at radius 1 is 1.30 bits per heavy atom. The second kappa shape index (κ2) is 6.77. The second-order valence-corrected chi connectivity index (χ2v) is 5.36. The molecule has 1 heterocycles. The van der Waals surface area contributed by atoms with E-state index in [1.807, 2.05) is 29.2 Å². The highest BCUT2D eigenvalue weighted by molar-refractivity contribution is 6.30. The number of amides is 1. The lowest BCUT2D eigenvalue weighted by molar-refractivity contribution is -0.132. The van der Waals surface area contributed by atoms with Crippen molar-refractivity contribution in [2.75, 3.05) is 31.1 Å². The first-order valence-electron chi connectivity index (χ1n) is 6.77. The molecule has 2 N–H and O–H groups in total. The highest BCUT2D eigenvalue weighted by Crippen LogP contribution is 2.19. The first kappa shape index (κ1) is 14.9. The highest BCUT2D eigenvalue weighted by Gasteiger charge is 2.24. The summed E-state index contributed by atoms with van der Waals surface area (Å²) in [6, 6.07) is 7.31. The van der Waals surface area contributed by atoms with Gasteiger partial charge in [0.2, 0.25) is 5.91 Å². The van der Waals surface area contributed by atoms with E-state index < -0.39 is 6.04 Å². The Morgan fingerprint density at radius 2 is 1.90 bits per heavy atom. The molecule has 0 saturated carbocycles. The number of hydrogen-bond acceptors (Lipinski definition) is 3. The van der Waals surface area contributed by atoms with Gasteiger partial charge in [0, 0.05) is 36.9 Å². The van der Waals surface area contributed by atoms with Crippen LogP contribution in [0.5, 0.6) is 0 Å². The maximum atomic E-state index is 12.1. The van der Waals surface area contributed by atoms with Gasteiger partial charge in [0.1, 0.15) is 0 Å². The Hall–Kier alpha value is -1.52. The Labute approximate surface area is 124 Å². The minimum absolute atomic E-state index is 0.0145. The molecule has 1 atom stereocenters. The molecule has 1 unspecified atom stereocenters. The quantitative estimate of drug-likeness (QED) is 0.863. The summed E-state index contributed by atoms with van der Waals surface area (Å²) < 4.78 is 0. The molecule has 1 aromatic carbocycles. The van der Waals surface area contributed by atoms with E-state index >= 15 is 0 Å². The van der Waals surface area contributed by atoms with Crippen molar-refractivity contribution in [3.8, 4) is 0 Å². The molecule has 1 aliphatic rings. The first-order chi connectivity index (χ1) is 9.61. The van der Waals surface area contributed by atoms with Crippen molar-refractivity contribution >= 4 is 23.2 Å². The zero-order chi connectivity index (χ0) is 14.5. The van der Waals surface area contributed by atoms with Crippen molar-refractivity contribution in [1.82, 2.24) is 4.90 Å². The molecule has 2 rings (SSSR count). The van der Waals surface area contributed by atoms with Crippen LogP contribution in [0.25, 0.3) is 0 Å². The predicted molar refractivity (Wildman–Crippen MR) is 83.0 cm³/mol. The summed E-state index contributed by atoms with van der Waals surface area (Å²) in [6.07, 6.45) is 2.21. The van der Waals surface area contributed by atoms with E-state index in [0.29, 0.717) is 19.5 Å². The van der Waals surface area contributed by atoms with E-state index in [1.54, 1.807) is 6.08 Å². The Kier molecular flexibility index (Phi) is 5.04. The van der Waals surface area contributed by atoms with Gasteiger partial charge in [0.05, 0.1) is 6.04 Å². The normalized spacial score (nSPS) is 16.9. The molecule has 0 aromatic heterocycles. The summed E-state index contributed by atoms with van der Waals surface area (Å²) in [4.78, 5) is 16.2. The van der Waals surface area contributed by atoms with E-state index in [0.717, 1.165) is 23.8 Å². The fourth-order valence-corrected chi connectivity index (χ4v) is 2.48. The number of hydrogen-bond donors (Lipinski definition) is 1. The standard InChI is InChI=1S/C15H20ClN3O/c1-2-3-14(17)15(20)19-10-8-18(9-11-19)13-6-4-12(16)5-7-13/h2,4-7,14H,1,3,8-11,17H2. The summed E-state index contributed by atoms with van der Waals surface area (Å²) >= 11 is 5.89. The Morgan fingerprint density at radius 3 is 2.45 bits per heavy atom. The lowest BCUT2D eigenvalue weighted by Crippen LogP contribution is -2.53. The van der Waals surface area contributed by atoms with Crippen LogP contribution in [0.1, 0.15) is 6.42 Å². The molecule has 0 bridgehead atoms. The monoisotopic (exact) mass is 293 g/mol. The van der Waals surface area contributed by atoms with Crippen LogP contribution in [0.4, 0.5) is 5.69 Å². The third kappa shape index (κ3) is 3.52. The van der Waals surface area contributed by atoms with E-state index in [2.05, 4.69) is 11.5 Å². The summed E-state index contributed by atoms with van der Waals surface area (Å²) in [5.74, 6) is 0.0145. The number of carbonyl (C=O) groups is 1. The van der Waals surface area contributed by atoms with Gasteiger partial charge in [-0.3, -0.25) is 4.79 Å². The summed E-state index contributed by atoms with van der Waals surface area (Å²) in [5, 5.41) is 0.734. The number of carbonyl (C=O) groups excluding carboxylic acids is 1. The van der Waals surface area contributed by atoms with Crippen molar-refractivity contribution in [3.63, 3.8) is 0 Å². The maximum absolute atomic E-state index is 12.1. The van der Waals surface area contributed by atoms with E-state index in [9.17, 15) is 4.79 Å². The zero-order valence-electron chi connectivity index (χ0n) is 11.5. The topological polar surface area (TPSA) is 49.6 Å². The highest BCUT2D eigenvalue weighted by atomic mass is 35.5. The molecule has 108 valence electrons. The minimum Gasteiger partial charge on any atom is -0.368 e. The van der Waals surface area contributed by atoms with Crippen LogP contribution in [0.3, 0.4) is 0 Å². The molecule has 0 aliphatic carbocycles. The molecule has 4 nitrogen and oxygen atoms in total. The van der Waals surface area contributed by atoms with Gasteiger partial charge < -0.3 is 15.5 Å². The largest absolute Gasteiger partial charge is 0.368 e. The molecule has 1 fully saturated rings. The first-order valence-corrected chi connectivity index (χ1v) is 7.15. The zero-order valence-corrected chi connectivity index (χ0v) is 12.2. The average Bonchev–Trinajstić information content (AvgIpc) is 2.48. The molecule has 1 saturated heterocycles. The van der Waals surface area contributed by atoms with Crippen molar-refractivity contribution in [1.29, 1.82) is 0 Å². The number of nitrogens with two attached hydrogens (primary N) is 1. The van der Waals surface area contributed by atoms with Gasteiger partial charge in [-0.2, -0.15) is 0 Å². The smallest absolute Gasteiger partial charge is 0.239 e. The number of piperazine rings is 1. The van der Waals surface area contributed by atoms with E-state index in [4.69, 9.17) is 17.3 Å². The van der Waals surface area contributed by atoms with Crippen LogP contribution in [0.2, 0.25) is 5.02 Å². The fourth-order valence-electron chi connectivity index (χ4n) is 2.35. The van der Waals surface area contributed by atoms with Crippen molar-refractivity contribution in [3.05, 3.63) is 41.9 Å². The predicted octanol–water partition coefficient (Wildman–Crippen LogP) is 1.89. The van der Waals surface area contributed by atoms with Crippen LogP contribution in [-0.4, -0.2) is 43.0 Å². The minimum atomic E-state index is -0.463. The summed E-state index contributed by atoms with van der Waals surface area (Å²) in [5.41, 5.74) is 6.97. The third-order valence-electron chi connectivity index (χ3n) is 3.52. The molecule has 0 spiro atoms. The third-order valence-corrected chi connectivity index (χ3v) is 3.77. The average molecular weight is 294 g/mol. The van der Waals surface area contributed by atoms with Crippen LogP contribution < -0.4 is 10.6 Å². The van der Waals surface area contributed by atoms with Gasteiger partial charge in [0.25, 0.3) is 0 Å². The molecule has 1 aliphatic heterocycles. The van der Waals surface area contributed by atoms with Crippen molar-refractivity contribution in [2.24, 2.45) is 5.73 Å². The van der Waals surface area contributed by atoms with Gasteiger partial charge in [-0.05, 0) is 30.7 Å². The Bertz CT molecular complexity index is 467. The van der Waals surface area contributed by atoms with E-state index in [-0.39, 0.29) is 5.91 Å². The van der Waals surface area contributed by atoms with Gasteiger partial charge >= 0.3 is 0 Å². The fraction of sp³-hybridized carbons (Fsp3) is 0.400. The lowest BCUT2D eigenvalue weighted by atomic mass is 10.1. The van der Waals surface area contributed by atoms with Crippen LogP contribution in [0.15, 0.2) is 36.9 Å². The molecule has 0 radical (unpaired) electrons. The molecular weight excluding hydrogens is 274 g/mol. The molecule has 1 aromatic rings. The Balaban J connectivity index is 1.90. The van der Waals surface area contributed by atoms with Crippen LogP contribution in [0, 0.1) is 0 Å². The van der Waals surface area contributed by atoms with E-state index in [1.165, 1.54) is 0 Å². The molecule has 5 heteroatoms. The van der Waals surface area contributed by atoms with Gasteiger partial charge in [-0.1, -0.05) is 17.7 Å². The molecule has 20 heavy (non-hydrogen) atoms. The molecule has 1 amide bonds. The van der Waals surface area contributed by atoms with Crippen LogP contribution in [-0.2, 0) is 4.79 Å².